The fraction of sp³-hybridized carbons (Fsp3) is 0.125. The molecule has 2 amide bonds. The molecule has 4 aromatic rings. The molecule has 0 atom stereocenters. The molecular formula is C24H21N3O3. The van der Waals surface area contributed by atoms with Gasteiger partial charge in [0, 0.05) is 24.0 Å². The number of nitrogens with one attached hydrogen (secondary N) is 2. The predicted octanol–water partition coefficient (Wildman–Crippen LogP) is 4.04. The molecule has 0 saturated carbocycles. The number of hydrogen-bond donors (Lipinski definition) is 2. The maximum atomic E-state index is 12.9. The number of furan rings is 1. The van der Waals surface area contributed by atoms with Crippen molar-refractivity contribution < 1.29 is 14.0 Å². The summed E-state index contributed by atoms with van der Waals surface area (Å²) in [6, 6.07) is 22.5. The summed E-state index contributed by atoms with van der Waals surface area (Å²) < 4.78 is 5.05. The molecule has 2 heterocycles. The van der Waals surface area contributed by atoms with Crippen LogP contribution in [0.2, 0.25) is 0 Å². The lowest BCUT2D eigenvalue weighted by Crippen LogP contribution is -2.29. The molecule has 6 nitrogen and oxygen atoms in total. The van der Waals surface area contributed by atoms with Gasteiger partial charge >= 0.3 is 0 Å². The van der Waals surface area contributed by atoms with Crippen molar-refractivity contribution in [2.45, 2.75) is 6.42 Å². The first-order valence-corrected chi connectivity index (χ1v) is 9.77. The van der Waals surface area contributed by atoms with Gasteiger partial charge in [-0.15, -0.1) is 0 Å². The summed E-state index contributed by atoms with van der Waals surface area (Å²) in [5.74, 6) is -0.155. The van der Waals surface area contributed by atoms with Crippen molar-refractivity contribution in [2.24, 2.45) is 0 Å². The average Bonchev–Trinajstić information content (AvgIpc) is 3.33. The van der Waals surface area contributed by atoms with Crippen molar-refractivity contribution >= 4 is 22.7 Å². The van der Waals surface area contributed by atoms with Crippen molar-refractivity contribution in [1.29, 1.82) is 0 Å². The number of rotatable bonds is 7. The summed E-state index contributed by atoms with van der Waals surface area (Å²) in [5, 5.41) is 6.51. The molecule has 0 fully saturated rings. The van der Waals surface area contributed by atoms with Crippen LogP contribution in [0.25, 0.3) is 22.2 Å². The van der Waals surface area contributed by atoms with Crippen LogP contribution in [0.5, 0.6) is 0 Å². The molecular weight excluding hydrogens is 378 g/mol. The van der Waals surface area contributed by atoms with Crippen LogP contribution in [0, 0.1) is 0 Å². The lowest BCUT2D eigenvalue weighted by atomic mass is 10.0. The average molecular weight is 399 g/mol. The number of pyridine rings is 1. The van der Waals surface area contributed by atoms with Crippen LogP contribution in [0.3, 0.4) is 0 Å². The summed E-state index contributed by atoms with van der Waals surface area (Å²) in [6.07, 6.45) is 2.06. The highest BCUT2D eigenvalue weighted by atomic mass is 16.3. The van der Waals surface area contributed by atoms with Crippen molar-refractivity contribution in [3.05, 3.63) is 90.4 Å². The lowest BCUT2D eigenvalue weighted by Gasteiger charge is -2.11. The Balaban J connectivity index is 1.43. The smallest absolute Gasteiger partial charge is 0.286 e. The summed E-state index contributed by atoms with van der Waals surface area (Å²) in [6.45, 7) is 0.876. The highest BCUT2D eigenvalue weighted by molar-refractivity contribution is 6.07. The Morgan fingerprint density at radius 1 is 0.833 bits per heavy atom. The van der Waals surface area contributed by atoms with Crippen LogP contribution >= 0.6 is 0 Å². The number of fused-ring (bicyclic) bond motifs is 1. The third-order valence-corrected chi connectivity index (χ3v) is 4.70. The molecule has 0 spiro atoms. The minimum absolute atomic E-state index is 0.164. The molecule has 0 saturated heterocycles. The molecule has 4 rings (SSSR count). The van der Waals surface area contributed by atoms with E-state index in [0.29, 0.717) is 25.1 Å². The number of benzene rings is 2. The van der Waals surface area contributed by atoms with Gasteiger partial charge < -0.3 is 15.1 Å². The SMILES string of the molecule is O=C(NCCCNC(=O)c1cc(-c2ccccc2)nc2ccccc12)c1ccco1. The molecule has 0 unspecified atom stereocenters. The first-order chi connectivity index (χ1) is 14.7. The van der Waals surface area contributed by atoms with Gasteiger partial charge in [-0.25, -0.2) is 4.98 Å². The van der Waals surface area contributed by atoms with E-state index in [9.17, 15) is 9.59 Å². The van der Waals surface area contributed by atoms with E-state index in [0.717, 1.165) is 22.2 Å². The standard InChI is InChI=1S/C24H21N3O3/c28-23(25-13-7-14-26-24(29)22-12-6-15-30-22)19-16-21(17-8-2-1-3-9-17)27-20-11-5-4-10-18(19)20/h1-6,8-12,15-16H,7,13-14H2,(H,25,28)(H,26,29). The van der Waals surface area contributed by atoms with Gasteiger partial charge in [0.05, 0.1) is 23.0 Å². The van der Waals surface area contributed by atoms with E-state index in [-0.39, 0.29) is 17.6 Å². The normalized spacial score (nSPS) is 10.7. The first-order valence-electron chi connectivity index (χ1n) is 9.77. The number of carbonyl (C=O) groups is 2. The monoisotopic (exact) mass is 399 g/mol. The topological polar surface area (TPSA) is 84.2 Å². The van der Waals surface area contributed by atoms with Crippen LogP contribution < -0.4 is 10.6 Å². The third-order valence-electron chi connectivity index (χ3n) is 4.70. The van der Waals surface area contributed by atoms with Crippen LogP contribution in [0.15, 0.2) is 83.5 Å². The minimum Gasteiger partial charge on any atom is -0.459 e. The largest absolute Gasteiger partial charge is 0.459 e. The van der Waals surface area contributed by atoms with Gasteiger partial charge in [0.15, 0.2) is 5.76 Å². The molecule has 2 N–H and O–H groups in total. The molecule has 0 radical (unpaired) electrons. The Kier molecular flexibility index (Phi) is 5.85. The molecule has 6 heteroatoms. The van der Waals surface area contributed by atoms with Gasteiger partial charge in [-0.2, -0.15) is 0 Å². The van der Waals surface area contributed by atoms with E-state index in [1.807, 2.05) is 60.7 Å². The molecule has 150 valence electrons. The second kappa shape index (κ2) is 9.05. The fourth-order valence-corrected chi connectivity index (χ4v) is 3.20. The van der Waals surface area contributed by atoms with E-state index in [4.69, 9.17) is 9.40 Å². The lowest BCUT2D eigenvalue weighted by molar-refractivity contribution is 0.0925. The quantitative estimate of drug-likeness (QED) is 0.459. The number of carbonyl (C=O) groups excluding carboxylic acids is 2. The van der Waals surface area contributed by atoms with E-state index in [1.54, 1.807) is 12.1 Å². The van der Waals surface area contributed by atoms with Crippen LogP contribution in [-0.4, -0.2) is 29.9 Å². The van der Waals surface area contributed by atoms with Gasteiger partial charge in [-0.05, 0) is 30.7 Å². The molecule has 0 aliphatic heterocycles. The summed E-state index contributed by atoms with van der Waals surface area (Å²) in [4.78, 5) is 29.4. The summed E-state index contributed by atoms with van der Waals surface area (Å²) in [5.41, 5.74) is 3.07. The zero-order chi connectivity index (χ0) is 20.8. The Morgan fingerprint density at radius 3 is 2.33 bits per heavy atom. The number of aromatic nitrogens is 1. The zero-order valence-corrected chi connectivity index (χ0v) is 16.3. The van der Waals surface area contributed by atoms with Crippen LogP contribution in [0.1, 0.15) is 27.3 Å². The number of amides is 2. The molecule has 2 aromatic heterocycles. The van der Waals surface area contributed by atoms with Gasteiger partial charge in [-0.3, -0.25) is 9.59 Å². The molecule has 0 aliphatic rings. The maximum Gasteiger partial charge on any atom is 0.286 e. The van der Waals surface area contributed by atoms with Gasteiger partial charge in [0.1, 0.15) is 0 Å². The highest BCUT2D eigenvalue weighted by Crippen LogP contribution is 2.24. The number of nitrogens with zero attached hydrogens (tertiary/aromatic N) is 1. The molecule has 2 aromatic carbocycles. The third kappa shape index (κ3) is 4.38. The van der Waals surface area contributed by atoms with Crippen LogP contribution in [-0.2, 0) is 0 Å². The maximum absolute atomic E-state index is 12.9. The Labute approximate surface area is 173 Å². The zero-order valence-electron chi connectivity index (χ0n) is 16.3. The second-order valence-corrected chi connectivity index (χ2v) is 6.78. The Bertz CT molecular complexity index is 1160. The minimum atomic E-state index is -0.265. The summed E-state index contributed by atoms with van der Waals surface area (Å²) >= 11 is 0. The Morgan fingerprint density at radius 2 is 1.57 bits per heavy atom. The highest BCUT2D eigenvalue weighted by Gasteiger charge is 2.14. The fourth-order valence-electron chi connectivity index (χ4n) is 3.20. The van der Waals surface area contributed by atoms with Crippen LogP contribution in [0.4, 0.5) is 0 Å². The first kappa shape index (κ1) is 19.4. The van der Waals surface area contributed by atoms with Gasteiger partial charge in [-0.1, -0.05) is 48.5 Å². The van der Waals surface area contributed by atoms with E-state index in [1.165, 1.54) is 6.26 Å². The van der Waals surface area contributed by atoms with E-state index >= 15 is 0 Å². The second-order valence-electron chi connectivity index (χ2n) is 6.78. The number of para-hydroxylation sites is 1. The predicted molar refractivity (Wildman–Crippen MR) is 115 cm³/mol. The molecule has 30 heavy (non-hydrogen) atoms. The van der Waals surface area contributed by atoms with Crippen molar-refractivity contribution in [2.75, 3.05) is 13.1 Å². The Hall–Kier alpha value is -3.93. The van der Waals surface area contributed by atoms with Crippen molar-refractivity contribution in [1.82, 2.24) is 15.6 Å². The number of hydrogen-bond acceptors (Lipinski definition) is 4. The van der Waals surface area contributed by atoms with E-state index < -0.39 is 0 Å². The summed E-state index contributed by atoms with van der Waals surface area (Å²) in [7, 11) is 0. The van der Waals surface area contributed by atoms with E-state index in [2.05, 4.69) is 10.6 Å². The molecule has 0 bridgehead atoms. The van der Waals surface area contributed by atoms with Crippen molar-refractivity contribution in [3.63, 3.8) is 0 Å². The van der Waals surface area contributed by atoms with Gasteiger partial charge in [0.2, 0.25) is 0 Å². The van der Waals surface area contributed by atoms with Gasteiger partial charge in [0.25, 0.3) is 11.8 Å². The van der Waals surface area contributed by atoms with Crippen molar-refractivity contribution in [3.8, 4) is 11.3 Å². The molecule has 0 aliphatic carbocycles.